The molecule has 0 amide bonds. The monoisotopic (exact) mass is 1110 g/mol. The standard InChI is InChI=1S/C75H66N10/c1-52(2)55-37-40-70(82(61-25-13-7-14-26-61)62-27-15-8-16-28-62)67(43-55)58-46-76-73(77-47-58)85(74-78-48-59(49-79-74)68-44-56(53(3)4)38-41-71(68)83(63-29-17-9-18-30-63)64-31-19-10-20-32-64)75-80-50-60(51-81-75)69-45-57(54(5)6)39-42-72(69)84(65-33-21-11-22-34-65)66-35-23-12-24-36-66/h7-54H,1-6H3. The Morgan fingerprint density at radius 3 is 0.624 bits per heavy atom. The van der Waals surface area contributed by atoms with Crippen molar-refractivity contribution in [3.8, 4) is 33.4 Å². The molecule has 0 fully saturated rings. The summed E-state index contributed by atoms with van der Waals surface area (Å²) in [6.07, 6.45) is 11.3. The van der Waals surface area contributed by atoms with Crippen molar-refractivity contribution in [3.05, 3.63) is 290 Å². The Morgan fingerprint density at radius 2 is 0.435 bits per heavy atom. The molecule has 10 heteroatoms. The first-order valence-corrected chi connectivity index (χ1v) is 29.1. The first-order valence-electron chi connectivity index (χ1n) is 29.1. The van der Waals surface area contributed by atoms with Crippen LogP contribution in [0.25, 0.3) is 33.4 Å². The lowest BCUT2D eigenvalue weighted by molar-refractivity contribution is 0.867. The zero-order valence-electron chi connectivity index (χ0n) is 48.7. The lowest BCUT2D eigenvalue weighted by Crippen LogP contribution is -2.19. The van der Waals surface area contributed by atoms with Crippen LogP contribution < -0.4 is 19.6 Å². The minimum Gasteiger partial charge on any atom is -0.310 e. The van der Waals surface area contributed by atoms with E-state index in [2.05, 4.69) is 256 Å². The summed E-state index contributed by atoms with van der Waals surface area (Å²) in [4.78, 5) is 39.7. The van der Waals surface area contributed by atoms with Gasteiger partial charge in [0, 0.05) is 105 Å². The van der Waals surface area contributed by atoms with Gasteiger partial charge in [-0.15, -0.1) is 0 Å². The molecular weight excluding hydrogens is 1040 g/mol. The first kappa shape index (κ1) is 55.0. The van der Waals surface area contributed by atoms with E-state index in [1.165, 1.54) is 16.7 Å². The molecule has 0 radical (unpaired) electrons. The summed E-state index contributed by atoms with van der Waals surface area (Å²) < 4.78 is 0. The van der Waals surface area contributed by atoms with Gasteiger partial charge in [-0.1, -0.05) is 169 Å². The highest BCUT2D eigenvalue weighted by molar-refractivity contribution is 5.91. The van der Waals surface area contributed by atoms with E-state index in [1.54, 1.807) is 4.90 Å². The number of nitrogens with zero attached hydrogens (tertiary/aromatic N) is 10. The molecule has 0 saturated heterocycles. The van der Waals surface area contributed by atoms with E-state index < -0.39 is 0 Å². The summed E-state index contributed by atoms with van der Waals surface area (Å²) in [5, 5.41) is 0. The van der Waals surface area contributed by atoms with Crippen molar-refractivity contribution in [2.24, 2.45) is 0 Å². The van der Waals surface area contributed by atoms with Gasteiger partial charge in [0.15, 0.2) is 0 Å². The molecule has 3 heterocycles. The molecule has 3 aromatic heterocycles. The lowest BCUT2D eigenvalue weighted by Gasteiger charge is -2.29. The Kier molecular flexibility index (Phi) is 16.1. The van der Waals surface area contributed by atoms with Gasteiger partial charge in [-0.2, -0.15) is 0 Å². The van der Waals surface area contributed by atoms with Gasteiger partial charge < -0.3 is 14.7 Å². The molecule has 0 saturated carbocycles. The average Bonchev–Trinajstić information content (AvgIpc) is 3.75. The Bertz CT molecular complexity index is 3580. The van der Waals surface area contributed by atoms with Gasteiger partial charge in [0.25, 0.3) is 0 Å². The second-order valence-electron chi connectivity index (χ2n) is 22.0. The summed E-state index contributed by atoms with van der Waals surface area (Å²) in [7, 11) is 0. The van der Waals surface area contributed by atoms with Crippen LogP contribution in [-0.4, -0.2) is 29.9 Å². The number of benzene rings is 9. The van der Waals surface area contributed by atoms with Gasteiger partial charge in [0.1, 0.15) is 0 Å². The normalized spacial score (nSPS) is 11.3. The molecule has 0 aliphatic carbocycles. The Balaban J connectivity index is 0.999. The molecule has 0 aliphatic rings. The van der Waals surface area contributed by atoms with Gasteiger partial charge in [-0.25, -0.2) is 34.8 Å². The van der Waals surface area contributed by atoms with Crippen LogP contribution in [0.5, 0.6) is 0 Å². The van der Waals surface area contributed by atoms with Crippen LogP contribution in [0.15, 0.2) is 274 Å². The second-order valence-corrected chi connectivity index (χ2v) is 22.0. The van der Waals surface area contributed by atoms with E-state index in [-0.39, 0.29) is 17.8 Å². The van der Waals surface area contributed by atoms with Gasteiger partial charge in [-0.3, -0.25) is 0 Å². The van der Waals surface area contributed by atoms with Crippen molar-refractivity contribution in [3.63, 3.8) is 0 Å². The smallest absolute Gasteiger partial charge is 0.239 e. The molecule has 0 unspecified atom stereocenters. The van der Waals surface area contributed by atoms with Gasteiger partial charge >= 0.3 is 0 Å². The molecule has 0 atom stereocenters. The highest BCUT2D eigenvalue weighted by Gasteiger charge is 2.26. The first-order chi connectivity index (χ1) is 41.7. The Labute approximate surface area is 499 Å². The van der Waals surface area contributed by atoms with Crippen molar-refractivity contribution >= 4 is 69.0 Å². The van der Waals surface area contributed by atoms with Crippen LogP contribution in [0.1, 0.15) is 76.0 Å². The number of rotatable bonds is 18. The fourth-order valence-corrected chi connectivity index (χ4v) is 10.8. The molecule has 9 aromatic carbocycles. The number of hydrogen-bond donors (Lipinski definition) is 0. The SMILES string of the molecule is CC(C)c1ccc(N(c2ccccc2)c2ccccc2)c(-c2cnc(N(c3ncc(-c4cc(C(C)C)ccc4N(c4ccccc4)c4ccccc4)cn3)c3ncc(-c4cc(C(C)C)ccc4N(c4ccccc4)c4ccccc4)cn3)nc2)c1. The van der Waals surface area contributed by atoms with Crippen molar-refractivity contribution in [2.45, 2.75) is 59.3 Å². The van der Waals surface area contributed by atoms with Crippen LogP contribution in [-0.2, 0) is 0 Å². The highest BCUT2D eigenvalue weighted by Crippen LogP contribution is 2.46. The molecule has 0 aliphatic heterocycles. The van der Waals surface area contributed by atoms with E-state index in [4.69, 9.17) is 29.9 Å². The summed E-state index contributed by atoms with van der Waals surface area (Å²) in [5.74, 6) is 1.74. The van der Waals surface area contributed by atoms with Crippen LogP contribution in [0, 0.1) is 0 Å². The van der Waals surface area contributed by atoms with Gasteiger partial charge in [0.2, 0.25) is 17.8 Å². The summed E-state index contributed by atoms with van der Waals surface area (Å²) >= 11 is 0. The van der Waals surface area contributed by atoms with Crippen LogP contribution in [0.2, 0.25) is 0 Å². The zero-order valence-corrected chi connectivity index (χ0v) is 48.7. The minimum absolute atomic E-state index is 0.276. The summed E-state index contributed by atoms with van der Waals surface area (Å²) in [6, 6.07) is 82.8. The van der Waals surface area contributed by atoms with E-state index in [0.29, 0.717) is 17.8 Å². The van der Waals surface area contributed by atoms with E-state index >= 15 is 0 Å². The number of aromatic nitrogens is 6. The molecule has 10 nitrogen and oxygen atoms in total. The summed E-state index contributed by atoms with van der Waals surface area (Å²) in [6.45, 7) is 13.3. The topological polar surface area (TPSA) is 90.3 Å². The fourth-order valence-electron chi connectivity index (χ4n) is 10.8. The molecule has 0 N–H and O–H groups in total. The van der Waals surface area contributed by atoms with Gasteiger partial charge in [-0.05, 0) is 144 Å². The van der Waals surface area contributed by atoms with Crippen LogP contribution >= 0.6 is 0 Å². The molecule has 85 heavy (non-hydrogen) atoms. The van der Waals surface area contributed by atoms with Crippen molar-refractivity contribution in [2.75, 3.05) is 19.6 Å². The maximum atomic E-state index is 5.18. The van der Waals surface area contributed by atoms with E-state index in [0.717, 1.165) is 84.6 Å². The largest absolute Gasteiger partial charge is 0.310 e. The molecule has 0 spiro atoms. The fraction of sp³-hybridized carbons (Fsp3) is 0.120. The Hall–Kier alpha value is -10.6. The maximum Gasteiger partial charge on any atom is 0.239 e. The van der Waals surface area contributed by atoms with Crippen LogP contribution in [0.3, 0.4) is 0 Å². The third-order valence-corrected chi connectivity index (χ3v) is 15.3. The molecule has 12 rings (SSSR count). The molecular formula is C75H66N10. The number of hydrogen-bond acceptors (Lipinski definition) is 10. The van der Waals surface area contributed by atoms with E-state index in [9.17, 15) is 0 Å². The second kappa shape index (κ2) is 24.9. The predicted molar refractivity (Wildman–Crippen MR) is 351 cm³/mol. The third kappa shape index (κ3) is 11.8. The lowest BCUT2D eigenvalue weighted by atomic mass is 9.96. The van der Waals surface area contributed by atoms with E-state index in [1.807, 2.05) is 73.6 Å². The number of para-hydroxylation sites is 6. The van der Waals surface area contributed by atoms with Crippen molar-refractivity contribution < 1.29 is 0 Å². The zero-order chi connectivity index (χ0) is 58.2. The molecule has 12 aromatic rings. The highest BCUT2D eigenvalue weighted by atomic mass is 15.4. The quantitative estimate of drug-likeness (QED) is 0.0827. The molecule has 0 bridgehead atoms. The maximum absolute atomic E-state index is 5.18. The molecule has 416 valence electrons. The minimum atomic E-state index is 0.276. The third-order valence-electron chi connectivity index (χ3n) is 15.3. The predicted octanol–water partition coefficient (Wildman–Crippen LogP) is 20.3. The Morgan fingerprint density at radius 1 is 0.235 bits per heavy atom. The van der Waals surface area contributed by atoms with Gasteiger partial charge in [0.05, 0.1) is 17.1 Å². The number of anilines is 12. The van der Waals surface area contributed by atoms with Crippen molar-refractivity contribution in [1.29, 1.82) is 0 Å². The van der Waals surface area contributed by atoms with Crippen LogP contribution in [0.4, 0.5) is 69.0 Å². The summed E-state index contributed by atoms with van der Waals surface area (Å²) in [5.41, 5.74) is 18.2. The van der Waals surface area contributed by atoms with Crippen molar-refractivity contribution in [1.82, 2.24) is 29.9 Å². The average molecular weight is 1110 g/mol.